The summed E-state index contributed by atoms with van der Waals surface area (Å²) in [7, 11) is 0. The number of aliphatic hydroxyl groups is 1. The number of hydrogen-bond acceptors (Lipinski definition) is 3. The molecule has 1 rings (SSSR count). The number of halogens is 1. The summed E-state index contributed by atoms with van der Waals surface area (Å²) in [5.41, 5.74) is 1.15. The van der Waals surface area contributed by atoms with Crippen molar-refractivity contribution in [3.8, 4) is 18.1 Å². The molecule has 0 saturated carbocycles. The summed E-state index contributed by atoms with van der Waals surface area (Å²) in [4.78, 5) is 0. The lowest BCUT2D eigenvalue weighted by atomic mass is 10.2. The SMILES string of the molecule is C#CC(C)NCC(O)COc1ccc(C)cc1Br. The zero-order chi connectivity index (χ0) is 13.5. The topological polar surface area (TPSA) is 41.5 Å². The molecule has 1 aromatic rings. The quantitative estimate of drug-likeness (QED) is 0.791. The van der Waals surface area contributed by atoms with Gasteiger partial charge in [-0.1, -0.05) is 12.0 Å². The Morgan fingerprint density at radius 3 is 2.89 bits per heavy atom. The van der Waals surface area contributed by atoms with Gasteiger partial charge in [0.15, 0.2) is 0 Å². The van der Waals surface area contributed by atoms with Gasteiger partial charge in [-0.2, -0.15) is 0 Å². The van der Waals surface area contributed by atoms with Gasteiger partial charge in [0.1, 0.15) is 18.5 Å². The predicted molar refractivity (Wildman–Crippen MR) is 76.7 cm³/mol. The zero-order valence-corrected chi connectivity index (χ0v) is 12.2. The Morgan fingerprint density at radius 2 is 2.28 bits per heavy atom. The third-order valence-corrected chi connectivity index (χ3v) is 3.05. The third kappa shape index (κ3) is 5.09. The molecule has 0 spiro atoms. The fourth-order valence-corrected chi connectivity index (χ4v) is 1.95. The van der Waals surface area contributed by atoms with Crippen LogP contribution in [0.25, 0.3) is 0 Å². The molecule has 0 aliphatic heterocycles. The van der Waals surface area contributed by atoms with Crippen LogP contribution in [-0.2, 0) is 0 Å². The maximum atomic E-state index is 9.73. The van der Waals surface area contributed by atoms with E-state index in [1.807, 2.05) is 32.0 Å². The van der Waals surface area contributed by atoms with E-state index in [9.17, 15) is 5.11 Å². The fraction of sp³-hybridized carbons (Fsp3) is 0.429. The molecule has 2 unspecified atom stereocenters. The molecule has 2 atom stereocenters. The highest BCUT2D eigenvalue weighted by atomic mass is 79.9. The average molecular weight is 312 g/mol. The summed E-state index contributed by atoms with van der Waals surface area (Å²) in [6.07, 6.45) is 4.64. The summed E-state index contributed by atoms with van der Waals surface area (Å²) in [5, 5.41) is 12.7. The van der Waals surface area contributed by atoms with Gasteiger partial charge in [-0.25, -0.2) is 0 Å². The minimum Gasteiger partial charge on any atom is -0.490 e. The first kappa shape index (κ1) is 15.0. The Labute approximate surface area is 117 Å². The molecule has 0 aliphatic rings. The van der Waals surface area contributed by atoms with Crippen molar-refractivity contribution in [2.24, 2.45) is 0 Å². The van der Waals surface area contributed by atoms with Gasteiger partial charge >= 0.3 is 0 Å². The maximum Gasteiger partial charge on any atom is 0.133 e. The highest BCUT2D eigenvalue weighted by Crippen LogP contribution is 2.25. The lowest BCUT2D eigenvalue weighted by Crippen LogP contribution is -2.35. The van der Waals surface area contributed by atoms with Crippen molar-refractivity contribution in [3.63, 3.8) is 0 Å². The van der Waals surface area contributed by atoms with Crippen molar-refractivity contribution in [2.75, 3.05) is 13.2 Å². The second kappa shape index (κ2) is 7.42. The van der Waals surface area contributed by atoms with Crippen LogP contribution in [0.2, 0.25) is 0 Å². The largest absolute Gasteiger partial charge is 0.490 e. The van der Waals surface area contributed by atoms with Gasteiger partial charge < -0.3 is 15.2 Å². The van der Waals surface area contributed by atoms with Crippen LogP contribution < -0.4 is 10.1 Å². The van der Waals surface area contributed by atoms with E-state index in [4.69, 9.17) is 11.2 Å². The van der Waals surface area contributed by atoms with E-state index in [-0.39, 0.29) is 12.6 Å². The van der Waals surface area contributed by atoms with Crippen molar-refractivity contribution in [1.29, 1.82) is 0 Å². The van der Waals surface area contributed by atoms with Crippen molar-refractivity contribution < 1.29 is 9.84 Å². The molecule has 0 fully saturated rings. The first-order chi connectivity index (χ1) is 8.52. The monoisotopic (exact) mass is 311 g/mol. The van der Waals surface area contributed by atoms with E-state index in [1.165, 1.54) is 0 Å². The Balaban J connectivity index is 2.38. The molecule has 4 heteroatoms. The number of aryl methyl sites for hydroxylation is 1. The van der Waals surface area contributed by atoms with E-state index in [2.05, 4.69) is 27.2 Å². The Kier molecular flexibility index (Phi) is 6.20. The molecule has 1 aromatic carbocycles. The molecular formula is C14H18BrNO2. The first-order valence-corrected chi connectivity index (χ1v) is 6.58. The third-order valence-electron chi connectivity index (χ3n) is 2.43. The summed E-state index contributed by atoms with van der Waals surface area (Å²) < 4.78 is 6.42. The van der Waals surface area contributed by atoms with Gasteiger partial charge in [-0.15, -0.1) is 6.42 Å². The summed E-state index contributed by atoms with van der Waals surface area (Å²) in [5.74, 6) is 3.27. The highest BCUT2D eigenvalue weighted by Gasteiger charge is 2.08. The second-order valence-corrected chi connectivity index (χ2v) is 5.05. The number of nitrogens with one attached hydrogen (secondary N) is 1. The van der Waals surface area contributed by atoms with Gasteiger partial charge in [0, 0.05) is 6.54 Å². The van der Waals surface area contributed by atoms with E-state index < -0.39 is 6.10 Å². The smallest absolute Gasteiger partial charge is 0.133 e. The Morgan fingerprint density at radius 1 is 1.56 bits per heavy atom. The van der Waals surface area contributed by atoms with Crippen LogP contribution in [0.5, 0.6) is 5.75 Å². The van der Waals surface area contributed by atoms with Gasteiger partial charge in [0.05, 0.1) is 10.5 Å². The van der Waals surface area contributed by atoms with E-state index in [0.717, 1.165) is 15.8 Å². The van der Waals surface area contributed by atoms with E-state index in [1.54, 1.807) is 0 Å². The van der Waals surface area contributed by atoms with Crippen LogP contribution in [0.15, 0.2) is 22.7 Å². The predicted octanol–water partition coefficient (Wildman–Crippen LogP) is 2.11. The lowest BCUT2D eigenvalue weighted by Gasteiger charge is -2.15. The van der Waals surface area contributed by atoms with Crippen LogP contribution in [0.1, 0.15) is 12.5 Å². The van der Waals surface area contributed by atoms with Crippen LogP contribution in [0.4, 0.5) is 0 Å². The zero-order valence-electron chi connectivity index (χ0n) is 10.6. The number of terminal acetylenes is 1. The summed E-state index contributed by atoms with van der Waals surface area (Å²) in [6.45, 7) is 4.51. The molecule has 0 heterocycles. The highest BCUT2D eigenvalue weighted by molar-refractivity contribution is 9.10. The van der Waals surface area contributed by atoms with Gasteiger partial charge in [0.2, 0.25) is 0 Å². The molecule has 0 saturated heterocycles. The van der Waals surface area contributed by atoms with Crippen LogP contribution in [0, 0.1) is 19.3 Å². The first-order valence-electron chi connectivity index (χ1n) is 5.79. The number of hydrogen-bond donors (Lipinski definition) is 2. The molecule has 0 aromatic heterocycles. The van der Waals surface area contributed by atoms with Crippen molar-refractivity contribution in [2.45, 2.75) is 26.0 Å². The average Bonchev–Trinajstić information content (AvgIpc) is 2.34. The molecule has 18 heavy (non-hydrogen) atoms. The van der Waals surface area contributed by atoms with Crippen LogP contribution >= 0.6 is 15.9 Å². The van der Waals surface area contributed by atoms with Gasteiger partial charge in [-0.3, -0.25) is 0 Å². The molecule has 3 nitrogen and oxygen atoms in total. The number of ether oxygens (including phenoxy) is 1. The molecular weight excluding hydrogens is 294 g/mol. The van der Waals surface area contributed by atoms with Crippen LogP contribution in [-0.4, -0.2) is 30.4 Å². The van der Waals surface area contributed by atoms with Crippen molar-refractivity contribution in [3.05, 3.63) is 28.2 Å². The van der Waals surface area contributed by atoms with E-state index in [0.29, 0.717) is 6.54 Å². The minimum absolute atomic E-state index is 0.0502. The number of aliphatic hydroxyl groups excluding tert-OH is 1. The standard InChI is InChI=1S/C14H18BrNO2/c1-4-11(3)16-8-12(17)9-18-14-6-5-10(2)7-13(14)15/h1,5-7,11-12,16-17H,8-9H2,2-3H3. The molecule has 0 bridgehead atoms. The maximum absolute atomic E-state index is 9.73. The normalized spacial score (nSPS) is 13.7. The van der Waals surface area contributed by atoms with Crippen LogP contribution in [0.3, 0.4) is 0 Å². The fourth-order valence-electron chi connectivity index (χ4n) is 1.34. The molecule has 0 amide bonds. The molecule has 0 aliphatic carbocycles. The van der Waals surface area contributed by atoms with Gasteiger partial charge in [-0.05, 0) is 47.5 Å². The van der Waals surface area contributed by atoms with Gasteiger partial charge in [0.25, 0.3) is 0 Å². The molecule has 98 valence electrons. The number of rotatable bonds is 6. The second-order valence-electron chi connectivity index (χ2n) is 4.20. The van der Waals surface area contributed by atoms with E-state index >= 15 is 0 Å². The van der Waals surface area contributed by atoms with Crippen molar-refractivity contribution in [1.82, 2.24) is 5.32 Å². The molecule has 0 radical (unpaired) electrons. The Hall–Kier alpha value is -1.02. The molecule has 2 N–H and O–H groups in total. The van der Waals surface area contributed by atoms with Crippen molar-refractivity contribution >= 4 is 15.9 Å². The summed E-state index contributed by atoms with van der Waals surface area (Å²) in [6, 6.07) is 5.76. The minimum atomic E-state index is -0.589. The lowest BCUT2D eigenvalue weighted by molar-refractivity contribution is 0.105. The number of benzene rings is 1. The summed E-state index contributed by atoms with van der Waals surface area (Å²) >= 11 is 3.42. The Bertz CT molecular complexity index is 428.